The molecule has 6 nitrogen and oxygen atoms in total. The Morgan fingerprint density at radius 3 is 2.13 bits per heavy atom. The van der Waals surface area contributed by atoms with Crippen molar-refractivity contribution in [2.45, 2.75) is 57.9 Å². The molecular formula is C23H32BrN3O3. The summed E-state index contributed by atoms with van der Waals surface area (Å²) < 4.78 is 0.952. The van der Waals surface area contributed by atoms with Crippen LogP contribution in [0, 0.1) is 5.92 Å². The van der Waals surface area contributed by atoms with Gasteiger partial charge < -0.3 is 15.1 Å². The van der Waals surface area contributed by atoms with Crippen molar-refractivity contribution in [1.82, 2.24) is 15.1 Å². The van der Waals surface area contributed by atoms with E-state index < -0.39 is 0 Å². The van der Waals surface area contributed by atoms with Gasteiger partial charge in [0.05, 0.1) is 12.5 Å². The first-order valence-electron chi connectivity index (χ1n) is 11.0. The molecule has 1 atom stereocenters. The van der Waals surface area contributed by atoms with Crippen LogP contribution in [-0.4, -0.2) is 53.7 Å². The molecule has 1 N–H and O–H groups in total. The zero-order valence-electron chi connectivity index (χ0n) is 17.7. The van der Waals surface area contributed by atoms with E-state index in [1.165, 1.54) is 32.6 Å². The van der Waals surface area contributed by atoms with Gasteiger partial charge in [-0.25, -0.2) is 0 Å². The number of halogens is 1. The summed E-state index contributed by atoms with van der Waals surface area (Å²) in [6.07, 6.45) is 7.00. The van der Waals surface area contributed by atoms with Crippen LogP contribution in [0.3, 0.4) is 0 Å². The lowest BCUT2D eigenvalue weighted by molar-refractivity contribution is -0.140. The van der Waals surface area contributed by atoms with Gasteiger partial charge in [-0.3, -0.25) is 14.4 Å². The molecule has 1 heterocycles. The summed E-state index contributed by atoms with van der Waals surface area (Å²) in [7, 11) is 0. The molecule has 1 aromatic carbocycles. The van der Waals surface area contributed by atoms with Gasteiger partial charge in [-0.15, -0.1) is 0 Å². The molecule has 7 heteroatoms. The molecule has 0 aromatic heterocycles. The molecule has 1 aliphatic carbocycles. The van der Waals surface area contributed by atoms with Crippen LogP contribution in [0.5, 0.6) is 0 Å². The van der Waals surface area contributed by atoms with E-state index in [1.54, 1.807) is 0 Å². The Hall–Kier alpha value is -1.89. The summed E-state index contributed by atoms with van der Waals surface area (Å²) in [4.78, 5) is 40.7. The quantitative estimate of drug-likeness (QED) is 0.651. The Labute approximate surface area is 187 Å². The second-order valence-corrected chi connectivity index (χ2v) is 9.38. The van der Waals surface area contributed by atoms with Crippen molar-refractivity contribution in [1.29, 1.82) is 0 Å². The molecule has 1 unspecified atom stereocenters. The number of amides is 3. The smallest absolute Gasteiger partial charge is 0.225 e. The second-order valence-electron chi connectivity index (χ2n) is 8.46. The molecule has 3 rings (SSSR count). The lowest BCUT2D eigenvalue weighted by Crippen LogP contribution is -2.51. The van der Waals surface area contributed by atoms with Crippen LogP contribution in [-0.2, 0) is 14.4 Å². The molecule has 0 spiro atoms. The average Bonchev–Trinajstić information content (AvgIpc) is 3.25. The fourth-order valence-electron chi connectivity index (χ4n) is 4.49. The largest absolute Gasteiger partial charge is 0.349 e. The van der Waals surface area contributed by atoms with Crippen molar-refractivity contribution in [2.24, 2.45) is 5.92 Å². The summed E-state index contributed by atoms with van der Waals surface area (Å²) in [5.41, 5.74) is 0.905. The normalized spacial score (nSPS) is 18.3. The third-order valence-corrected chi connectivity index (χ3v) is 6.78. The molecule has 2 aliphatic rings. The lowest BCUT2D eigenvalue weighted by atomic mass is 10.0. The molecule has 1 saturated heterocycles. The molecule has 1 saturated carbocycles. The Balaban J connectivity index is 1.48. The maximum Gasteiger partial charge on any atom is 0.225 e. The monoisotopic (exact) mass is 477 g/mol. The topological polar surface area (TPSA) is 69.7 Å². The minimum atomic E-state index is -0.353. The van der Waals surface area contributed by atoms with Gasteiger partial charge in [-0.1, -0.05) is 53.7 Å². The number of nitrogens with zero attached hydrogens (tertiary/aromatic N) is 2. The van der Waals surface area contributed by atoms with E-state index in [2.05, 4.69) is 21.2 Å². The Morgan fingerprint density at radius 2 is 1.57 bits per heavy atom. The van der Waals surface area contributed by atoms with Crippen molar-refractivity contribution in [3.63, 3.8) is 0 Å². The number of carbonyl (C=O) groups excluding carboxylic acids is 3. The molecule has 164 valence electrons. The maximum absolute atomic E-state index is 12.9. The summed E-state index contributed by atoms with van der Waals surface area (Å²) in [5.74, 6) is 0.796. The van der Waals surface area contributed by atoms with Crippen LogP contribution >= 0.6 is 15.9 Å². The van der Waals surface area contributed by atoms with Gasteiger partial charge >= 0.3 is 0 Å². The van der Waals surface area contributed by atoms with E-state index in [4.69, 9.17) is 0 Å². The first-order chi connectivity index (χ1) is 14.4. The minimum Gasteiger partial charge on any atom is -0.349 e. The standard InChI is InChI=1S/C23H32BrN3O3/c1-17(28)25-21(19-7-9-20(24)10-8-19)16-23(30)27-14-12-26(13-15-27)22(29)11-6-18-4-2-3-5-18/h7-10,18,21H,2-6,11-16H2,1H3,(H,25,28). The predicted molar refractivity (Wildman–Crippen MR) is 120 cm³/mol. The highest BCUT2D eigenvalue weighted by atomic mass is 79.9. The van der Waals surface area contributed by atoms with Gasteiger partial charge in [0.1, 0.15) is 0 Å². The van der Waals surface area contributed by atoms with Gasteiger partial charge in [0.15, 0.2) is 0 Å². The van der Waals surface area contributed by atoms with Crippen molar-refractivity contribution in [3.8, 4) is 0 Å². The zero-order valence-corrected chi connectivity index (χ0v) is 19.3. The molecular weight excluding hydrogens is 446 g/mol. The van der Waals surface area contributed by atoms with Gasteiger partial charge in [0.25, 0.3) is 0 Å². The van der Waals surface area contributed by atoms with Crippen molar-refractivity contribution < 1.29 is 14.4 Å². The summed E-state index contributed by atoms with van der Waals surface area (Å²) in [5, 5.41) is 2.89. The number of hydrogen-bond acceptors (Lipinski definition) is 3. The maximum atomic E-state index is 12.9. The summed E-state index contributed by atoms with van der Waals surface area (Å²) >= 11 is 3.41. The second kappa shape index (κ2) is 10.9. The Morgan fingerprint density at radius 1 is 1.00 bits per heavy atom. The van der Waals surface area contributed by atoms with Crippen molar-refractivity contribution >= 4 is 33.7 Å². The first-order valence-corrected chi connectivity index (χ1v) is 11.8. The first kappa shape index (κ1) is 22.8. The number of nitrogens with one attached hydrogen (secondary N) is 1. The van der Waals surface area contributed by atoms with E-state index in [1.807, 2.05) is 34.1 Å². The van der Waals surface area contributed by atoms with Gasteiger partial charge in [-0.05, 0) is 30.0 Å². The van der Waals surface area contributed by atoms with Gasteiger partial charge in [-0.2, -0.15) is 0 Å². The third-order valence-electron chi connectivity index (χ3n) is 6.25. The summed E-state index contributed by atoms with van der Waals surface area (Å²) in [6.45, 7) is 3.77. The number of carbonyl (C=O) groups is 3. The molecule has 3 amide bonds. The molecule has 1 aromatic rings. The van der Waals surface area contributed by atoms with Crippen LogP contribution in [0.2, 0.25) is 0 Å². The Kier molecular flexibility index (Phi) is 8.31. The summed E-state index contributed by atoms with van der Waals surface area (Å²) in [6, 6.07) is 7.29. The zero-order chi connectivity index (χ0) is 21.5. The SMILES string of the molecule is CC(=O)NC(CC(=O)N1CCN(C(=O)CCC2CCCC2)CC1)c1ccc(Br)cc1. The fraction of sp³-hybridized carbons (Fsp3) is 0.609. The van der Waals surface area contributed by atoms with E-state index in [0.29, 0.717) is 32.6 Å². The van der Waals surface area contributed by atoms with Crippen molar-refractivity contribution in [3.05, 3.63) is 34.3 Å². The predicted octanol–water partition coefficient (Wildman–Crippen LogP) is 3.66. The number of hydrogen-bond donors (Lipinski definition) is 1. The van der Waals surface area contributed by atoms with Crippen LogP contribution < -0.4 is 5.32 Å². The molecule has 30 heavy (non-hydrogen) atoms. The lowest BCUT2D eigenvalue weighted by Gasteiger charge is -2.35. The highest BCUT2D eigenvalue weighted by molar-refractivity contribution is 9.10. The number of piperazine rings is 1. The van der Waals surface area contributed by atoms with Crippen LogP contribution in [0.1, 0.15) is 63.5 Å². The fourth-order valence-corrected chi connectivity index (χ4v) is 4.75. The minimum absolute atomic E-state index is 0.00900. The molecule has 0 bridgehead atoms. The highest BCUT2D eigenvalue weighted by Gasteiger charge is 2.27. The van der Waals surface area contributed by atoms with Gasteiger partial charge in [0.2, 0.25) is 17.7 Å². The van der Waals surface area contributed by atoms with E-state index in [0.717, 1.165) is 22.4 Å². The molecule has 0 radical (unpaired) electrons. The highest BCUT2D eigenvalue weighted by Crippen LogP contribution is 2.29. The van der Waals surface area contributed by atoms with Crippen LogP contribution in [0.15, 0.2) is 28.7 Å². The van der Waals surface area contributed by atoms with E-state index >= 15 is 0 Å². The number of rotatable bonds is 7. The van der Waals surface area contributed by atoms with Crippen LogP contribution in [0.25, 0.3) is 0 Å². The van der Waals surface area contributed by atoms with E-state index in [9.17, 15) is 14.4 Å². The Bertz CT molecular complexity index is 739. The van der Waals surface area contributed by atoms with E-state index in [-0.39, 0.29) is 30.2 Å². The van der Waals surface area contributed by atoms with Crippen LogP contribution in [0.4, 0.5) is 0 Å². The van der Waals surface area contributed by atoms with Crippen molar-refractivity contribution in [2.75, 3.05) is 26.2 Å². The number of benzene rings is 1. The molecule has 1 aliphatic heterocycles. The average molecular weight is 478 g/mol. The van der Waals surface area contributed by atoms with Gasteiger partial charge in [0, 0.05) is 44.0 Å². The molecule has 2 fully saturated rings. The third kappa shape index (κ3) is 6.56.